The van der Waals surface area contributed by atoms with E-state index in [9.17, 15) is 14.4 Å². The molecule has 7 heteroatoms. The molecule has 0 saturated carbocycles. The third-order valence-corrected chi connectivity index (χ3v) is 7.09. The minimum Gasteiger partial charge on any atom is -0.398 e. The van der Waals surface area contributed by atoms with Gasteiger partial charge in [0.25, 0.3) is 0 Å². The molecule has 1 aromatic carbocycles. The van der Waals surface area contributed by atoms with Crippen molar-refractivity contribution in [1.82, 2.24) is 10.2 Å². The standard InChI is InChI=1S/C24H29N3O3S/c25-19-8-3-6-16-11-15(12-18(16)19)5-1-2-9-20(29)22-21(31)13-26-23(22)24(30)27-10-4-7-17(27)14-28/h3,6,8,12,14,17,22-23,26H,1-2,4-5,7,9-11,13,25H2/t17-,22?,23-/m0/s1. The average molecular weight is 440 g/mol. The predicted molar refractivity (Wildman–Crippen MR) is 125 cm³/mol. The molecule has 3 aliphatic rings. The van der Waals surface area contributed by atoms with Crippen molar-refractivity contribution in [2.75, 3.05) is 18.8 Å². The summed E-state index contributed by atoms with van der Waals surface area (Å²) in [5.74, 6) is -0.701. The fraction of sp³-hybridized carbons (Fsp3) is 0.500. The van der Waals surface area contributed by atoms with Crippen LogP contribution in [0.2, 0.25) is 0 Å². The molecule has 1 unspecified atom stereocenters. The van der Waals surface area contributed by atoms with E-state index in [4.69, 9.17) is 18.0 Å². The number of ketones is 1. The van der Waals surface area contributed by atoms with Gasteiger partial charge in [0.05, 0.1) is 12.0 Å². The molecule has 0 radical (unpaired) electrons. The zero-order valence-electron chi connectivity index (χ0n) is 17.6. The number of hydrogen-bond donors (Lipinski definition) is 2. The van der Waals surface area contributed by atoms with Crippen LogP contribution in [-0.2, 0) is 20.8 Å². The summed E-state index contributed by atoms with van der Waals surface area (Å²) in [6.45, 7) is 0.963. The highest BCUT2D eigenvalue weighted by Crippen LogP contribution is 2.32. The zero-order valence-corrected chi connectivity index (χ0v) is 18.5. The van der Waals surface area contributed by atoms with Gasteiger partial charge in [0, 0.05) is 35.6 Å². The fourth-order valence-electron chi connectivity index (χ4n) is 5.04. The number of Topliss-reactive ketones (excluding diaryl/α,β-unsaturated/α-hetero) is 1. The van der Waals surface area contributed by atoms with Crippen LogP contribution < -0.4 is 11.1 Å². The van der Waals surface area contributed by atoms with Gasteiger partial charge in [-0.05, 0) is 50.2 Å². The highest BCUT2D eigenvalue weighted by atomic mass is 32.1. The summed E-state index contributed by atoms with van der Waals surface area (Å²) >= 11 is 5.42. The van der Waals surface area contributed by atoms with Crippen molar-refractivity contribution in [2.45, 2.75) is 57.0 Å². The van der Waals surface area contributed by atoms with E-state index < -0.39 is 12.0 Å². The third kappa shape index (κ3) is 4.48. The number of thiocarbonyl (C=S) groups is 1. The van der Waals surface area contributed by atoms with E-state index >= 15 is 0 Å². The Morgan fingerprint density at radius 3 is 2.90 bits per heavy atom. The highest BCUT2D eigenvalue weighted by molar-refractivity contribution is 7.80. The Morgan fingerprint density at radius 2 is 2.13 bits per heavy atom. The molecule has 2 aliphatic heterocycles. The van der Waals surface area contributed by atoms with Crippen LogP contribution in [0.5, 0.6) is 0 Å². The van der Waals surface area contributed by atoms with E-state index in [2.05, 4.69) is 17.5 Å². The summed E-state index contributed by atoms with van der Waals surface area (Å²) < 4.78 is 0. The van der Waals surface area contributed by atoms with Gasteiger partial charge >= 0.3 is 0 Å². The monoisotopic (exact) mass is 439 g/mol. The number of allylic oxidation sites excluding steroid dienone is 1. The molecule has 31 heavy (non-hydrogen) atoms. The van der Waals surface area contributed by atoms with Gasteiger partial charge in [0.1, 0.15) is 18.1 Å². The van der Waals surface area contributed by atoms with Crippen molar-refractivity contribution >= 4 is 46.8 Å². The Kier molecular flexibility index (Phi) is 6.62. The van der Waals surface area contributed by atoms with Crippen LogP contribution in [-0.4, -0.2) is 52.9 Å². The number of nitrogens with two attached hydrogens (primary N) is 1. The number of anilines is 1. The number of amides is 1. The van der Waals surface area contributed by atoms with E-state index in [0.717, 1.165) is 49.6 Å². The SMILES string of the molecule is Nc1cccc2c1C=C(CCCCC(=O)C1C(=S)CN[C@@H]1C(=O)N1CCC[C@H]1C=O)C2. The second kappa shape index (κ2) is 9.40. The molecule has 1 aromatic rings. The lowest BCUT2D eigenvalue weighted by Gasteiger charge is -2.26. The zero-order chi connectivity index (χ0) is 22.0. The minimum atomic E-state index is -0.629. The summed E-state index contributed by atoms with van der Waals surface area (Å²) in [7, 11) is 0. The van der Waals surface area contributed by atoms with Crippen molar-refractivity contribution < 1.29 is 14.4 Å². The summed E-state index contributed by atoms with van der Waals surface area (Å²) in [5, 5.41) is 3.12. The number of rotatable bonds is 8. The first kappa shape index (κ1) is 21.8. The van der Waals surface area contributed by atoms with Crippen LogP contribution in [0.1, 0.15) is 49.7 Å². The van der Waals surface area contributed by atoms with Crippen LogP contribution in [0.3, 0.4) is 0 Å². The van der Waals surface area contributed by atoms with Crippen LogP contribution in [0.15, 0.2) is 23.8 Å². The molecule has 164 valence electrons. The Balaban J connectivity index is 1.29. The van der Waals surface area contributed by atoms with Gasteiger partial charge in [0.2, 0.25) is 5.91 Å². The molecule has 0 aromatic heterocycles. The average Bonchev–Trinajstić information content (AvgIpc) is 3.48. The predicted octanol–water partition coefficient (Wildman–Crippen LogP) is 2.49. The molecular weight excluding hydrogens is 410 g/mol. The first-order chi connectivity index (χ1) is 15.0. The Labute approximate surface area is 188 Å². The Bertz CT molecular complexity index is 942. The molecule has 0 bridgehead atoms. The summed E-state index contributed by atoms with van der Waals surface area (Å²) in [6.07, 6.45) is 8.47. The quantitative estimate of drug-likeness (QED) is 0.280. The molecule has 2 saturated heterocycles. The number of carbonyl (C=O) groups is 3. The van der Waals surface area contributed by atoms with Crippen LogP contribution >= 0.6 is 12.2 Å². The highest BCUT2D eigenvalue weighted by Gasteiger charge is 2.44. The second-order valence-corrected chi connectivity index (χ2v) is 9.28. The number of fused-ring (bicyclic) bond motifs is 1. The maximum absolute atomic E-state index is 13.0. The molecule has 1 amide bonds. The fourth-order valence-corrected chi connectivity index (χ4v) is 5.39. The normalized spacial score (nSPS) is 24.9. The maximum Gasteiger partial charge on any atom is 0.241 e. The number of carbonyl (C=O) groups excluding carboxylic acids is 3. The van der Waals surface area contributed by atoms with Gasteiger partial charge in [-0.3, -0.25) is 9.59 Å². The van der Waals surface area contributed by atoms with Crippen LogP contribution in [0.25, 0.3) is 6.08 Å². The first-order valence-electron chi connectivity index (χ1n) is 11.1. The largest absolute Gasteiger partial charge is 0.398 e. The van der Waals surface area contributed by atoms with Crippen molar-refractivity contribution in [3.8, 4) is 0 Å². The summed E-state index contributed by atoms with van der Waals surface area (Å²) in [6, 6.07) is 5.01. The number of benzene rings is 1. The molecule has 3 N–H and O–H groups in total. The van der Waals surface area contributed by atoms with Crippen molar-refractivity contribution in [1.29, 1.82) is 0 Å². The number of nitrogens with one attached hydrogen (secondary N) is 1. The second-order valence-electron chi connectivity index (χ2n) is 8.75. The van der Waals surface area contributed by atoms with Gasteiger partial charge < -0.3 is 20.7 Å². The van der Waals surface area contributed by atoms with E-state index in [1.165, 1.54) is 11.1 Å². The van der Waals surface area contributed by atoms with Gasteiger partial charge in [-0.1, -0.05) is 36.0 Å². The van der Waals surface area contributed by atoms with E-state index in [1.807, 2.05) is 12.1 Å². The Morgan fingerprint density at radius 1 is 1.29 bits per heavy atom. The van der Waals surface area contributed by atoms with Gasteiger partial charge in [0.15, 0.2) is 0 Å². The van der Waals surface area contributed by atoms with E-state index in [-0.39, 0.29) is 17.7 Å². The lowest BCUT2D eigenvalue weighted by molar-refractivity contribution is -0.138. The minimum absolute atomic E-state index is 0.0307. The molecule has 1 aliphatic carbocycles. The molecule has 6 nitrogen and oxygen atoms in total. The molecule has 4 rings (SSSR count). The topological polar surface area (TPSA) is 92.5 Å². The molecule has 0 spiro atoms. The summed E-state index contributed by atoms with van der Waals surface area (Å²) in [4.78, 5) is 39.4. The number of unbranched alkanes of at least 4 members (excludes halogenated alkanes) is 1. The van der Waals surface area contributed by atoms with Crippen molar-refractivity contribution in [2.24, 2.45) is 5.92 Å². The van der Waals surface area contributed by atoms with Gasteiger partial charge in [-0.15, -0.1) is 0 Å². The van der Waals surface area contributed by atoms with Crippen molar-refractivity contribution in [3.05, 3.63) is 34.9 Å². The number of nitrogen functional groups attached to an aromatic ring is 1. The summed E-state index contributed by atoms with van der Waals surface area (Å²) in [5.41, 5.74) is 10.6. The maximum atomic E-state index is 13.0. The Hall–Kier alpha value is -2.38. The number of aldehydes is 1. The number of likely N-dealkylation sites (tertiary alicyclic amines) is 1. The lowest BCUT2D eigenvalue weighted by Crippen LogP contribution is -2.50. The molecule has 2 heterocycles. The number of nitrogens with zero attached hydrogens (tertiary/aromatic N) is 1. The van der Waals surface area contributed by atoms with E-state index in [0.29, 0.717) is 30.8 Å². The smallest absolute Gasteiger partial charge is 0.241 e. The molecule has 3 atom stereocenters. The van der Waals surface area contributed by atoms with Gasteiger partial charge in [-0.2, -0.15) is 0 Å². The molecule has 2 fully saturated rings. The first-order valence-corrected chi connectivity index (χ1v) is 11.5. The van der Waals surface area contributed by atoms with E-state index in [1.54, 1.807) is 4.90 Å². The lowest BCUT2D eigenvalue weighted by atomic mass is 9.91. The number of hydrogen-bond acceptors (Lipinski definition) is 6. The third-order valence-electron chi connectivity index (χ3n) is 6.70. The van der Waals surface area contributed by atoms with Crippen LogP contribution in [0, 0.1) is 5.92 Å². The molecular formula is C24H29N3O3S. The van der Waals surface area contributed by atoms with Crippen LogP contribution in [0.4, 0.5) is 5.69 Å². The van der Waals surface area contributed by atoms with Crippen molar-refractivity contribution in [3.63, 3.8) is 0 Å². The van der Waals surface area contributed by atoms with Gasteiger partial charge in [-0.25, -0.2) is 0 Å².